The van der Waals surface area contributed by atoms with Crippen molar-refractivity contribution in [2.75, 3.05) is 19.5 Å². The Bertz CT molecular complexity index is 915. The van der Waals surface area contributed by atoms with Gasteiger partial charge in [-0.2, -0.15) is 0 Å². The Morgan fingerprint density at radius 3 is 2.00 bits per heavy atom. The predicted molar refractivity (Wildman–Crippen MR) is 165 cm³/mol. The van der Waals surface area contributed by atoms with Crippen molar-refractivity contribution < 1.29 is 19.4 Å². The summed E-state index contributed by atoms with van der Waals surface area (Å²) in [6.45, 7) is 13.4. The molecule has 0 bridgehead atoms. The number of hydrogen-bond acceptors (Lipinski definition) is 5. The molecule has 9 heteroatoms. The summed E-state index contributed by atoms with van der Waals surface area (Å²) >= 11 is 11.8. The zero-order valence-corrected chi connectivity index (χ0v) is 26.3. The first-order valence-corrected chi connectivity index (χ1v) is 13.9. The molecule has 2 atom stereocenters. The summed E-state index contributed by atoms with van der Waals surface area (Å²) in [6.07, 6.45) is 5.88. The van der Waals surface area contributed by atoms with Crippen molar-refractivity contribution in [2.45, 2.75) is 91.8 Å². The van der Waals surface area contributed by atoms with Gasteiger partial charge in [0.05, 0.1) is 5.02 Å². The molecule has 224 valence electrons. The maximum Gasteiger partial charge on any atom is 0.211 e. The van der Waals surface area contributed by atoms with E-state index in [1.807, 2.05) is 19.9 Å². The van der Waals surface area contributed by atoms with Gasteiger partial charge in [-0.3, -0.25) is 4.79 Å². The summed E-state index contributed by atoms with van der Waals surface area (Å²) in [5, 5.41) is 20.8. The van der Waals surface area contributed by atoms with Gasteiger partial charge in [-0.1, -0.05) is 82.8 Å². The highest BCUT2D eigenvalue weighted by molar-refractivity contribution is 6.31. The van der Waals surface area contributed by atoms with Crippen LogP contribution in [0.15, 0.2) is 36.4 Å². The lowest BCUT2D eigenvalue weighted by atomic mass is 9.94. The predicted octanol–water partition coefficient (Wildman–Crippen LogP) is 7.14. The van der Waals surface area contributed by atoms with Gasteiger partial charge in [-0.15, -0.1) is 0 Å². The third kappa shape index (κ3) is 19.1. The van der Waals surface area contributed by atoms with E-state index in [4.69, 9.17) is 39.1 Å². The number of halogens is 3. The normalized spacial score (nSPS) is 14.0. The number of nitrogens with two attached hydrogens (primary N) is 1. The Balaban J connectivity index is 0. The second-order valence-electron chi connectivity index (χ2n) is 10.7. The standard InChI is InChI=1S/C18H19Cl2FN2O.C5H11N.C5H12.2CH4O/c1-11(13-4-6-17(21)16(20)7-13)12(2)22-9-14-3-5-15(19)8-18(14)23-10-24;6-5-3-1-2-4-5;1-5(2,3)4;2*1-2/h3-8,10-12,22H,9H2,1-2H3,(H,23,24);5H,1-4,6H2;1-4H3;2*2H,1H3/t11?,12-;;;;/m0..../s1. The van der Waals surface area contributed by atoms with E-state index in [0.29, 0.717) is 35.1 Å². The number of amides is 1. The molecule has 6 N–H and O–H groups in total. The van der Waals surface area contributed by atoms with Crippen molar-refractivity contribution in [1.29, 1.82) is 0 Å². The molecule has 0 aromatic heterocycles. The fourth-order valence-corrected chi connectivity index (χ4v) is 3.75. The Morgan fingerprint density at radius 1 is 1.03 bits per heavy atom. The van der Waals surface area contributed by atoms with E-state index in [1.54, 1.807) is 24.3 Å². The van der Waals surface area contributed by atoms with Crippen LogP contribution in [-0.2, 0) is 11.3 Å². The first kappa shape index (κ1) is 39.4. The van der Waals surface area contributed by atoms with Crippen molar-refractivity contribution in [3.05, 3.63) is 63.4 Å². The lowest BCUT2D eigenvalue weighted by Crippen LogP contribution is -2.30. The lowest BCUT2D eigenvalue weighted by Gasteiger charge is -2.23. The largest absolute Gasteiger partial charge is 0.400 e. The molecule has 1 fully saturated rings. The Labute approximate surface area is 245 Å². The van der Waals surface area contributed by atoms with Crippen LogP contribution in [0.2, 0.25) is 10.0 Å². The number of aliphatic hydroxyl groups is 2. The van der Waals surface area contributed by atoms with Crippen LogP contribution in [0.5, 0.6) is 0 Å². The molecule has 0 aliphatic heterocycles. The Kier molecular flexibility index (Phi) is 22.2. The molecule has 2 aromatic rings. The van der Waals surface area contributed by atoms with Gasteiger partial charge in [0.2, 0.25) is 6.41 Å². The third-order valence-electron chi connectivity index (χ3n) is 5.52. The van der Waals surface area contributed by atoms with Gasteiger partial charge in [-0.05, 0) is 66.5 Å². The highest BCUT2D eigenvalue weighted by atomic mass is 35.5. The van der Waals surface area contributed by atoms with Gasteiger partial charge in [-0.25, -0.2) is 4.39 Å². The maximum atomic E-state index is 13.3. The Morgan fingerprint density at radius 2 is 1.56 bits per heavy atom. The summed E-state index contributed by atoms with van der Waals surface area (Å²) in [5.74, 6) is -0.281. The number of carbonyl (C=O) groups is 1. The number of carbonyl (C=O) groups excluding carboxylic acids is 1. The average Bonchev–Trinajstić information content (AvgIpc) is 3.37. The molecule has 0 heterocycles. The number of rotatable bonds is 7. The second kappa shape index (κ2) is 22.0. The zero-order valence-electron chi connectivity index (χ0n) is 24.8. The van der Waals surface area contributed by atoms with E-state index in [1.165, 1.54) is 31.7 Å². The van der Waals surface area contributed by atoms with Crippen molar-refractivity contribution in [3.63, 3.8) is 0 Å². The van der Waals surface area contributed by atoms with E-state index in [9.17, 15) is 9.18 Å². The van der Waals surface area contributed by atoms with Crippen molar-refractivity contribution in [3.8, 4) is 0 Å². The fraction of sp³-hybridized carbons (Fsp3) is 0.567. The molecule has 0 radical (unpaired) electrons. The molecule has 1 unspecified atom stereocenters. The van der Waals surface area contributed by atoms with E-state index in [2.05, 4.69) is 38.3 Å². The van der Waals surface area contributed by atoms with Crippen molar-refractivity contribution in [1.82, 2.24) is 5.32 Å². The number of anilines is 1. The highest BCUT2D eigenvalue weighted by Gasteiger charge is 2.16. The molecular weight excluding hydrogens is 540 g/mol. The molecular formula is C30H50Cl2FN3O3. The smallest absolute Gasteiger partial charge is 0.211 e. The van der Waals surface area contributed by atoms with Gasteiger partial charge >= 0.3 is 0 Å². The maximum absolute atomic E-state index is 13.3. The van der Waals surface area contributed by atoms with Gasteiger partial charge in [0.1, 0.15) is 5.82 Å². The van der Waals surface area contributed by atoms with E-state index in [-0.39, 0.29) is 17.0 Å². The van der Waals surface area contributed by atoms with Crippen LogP contribution < -0.4 is 16.4 Å². The molecule has 0 saturated heterocycles. The van der Waals surface area contributed by atoms with E-state index in [0.717, 1.165) is 25.3 Å². The fourth-order valence-electron chi connectivity index (χ4n) is 3.39. The summed E-state index contributed by atoms with van der Waals surface area (Å²) in [5.41, 5.74) is 8.61. The third-order valence-corrected chi connectivity index (χ3v) is 6.04. The summed E-state index contributed by atoms with van der Waals surface area (Å²) < 4.78 is 13.3. The van der Waals surface area contributed by atoms with Crippen LogP contribution in [0, 0.1) is 11.2 Å². The molecule has 1 aliphatic carbocycles. The topological polar surface area (TPSA) is 108 Å². The first-order valence-electron chi connectivity index (χ1n) is 13.1. The highest BCUT2D eigenvalue weighted by Crippen LogP contribution is 2.25. The molecule has 3 rings (SSSR count). The van der Waals surface area contributed by atoms with Crippen LogP contribution in [0.1, 0.15) is 84.3 Å². The SMILES string of the molecule is CC(C)(C)C.CC(c1ccc(F)c(Cl)c1)[C@H](C)NCc1ccc(Cl)cc1NC=O.CO.CO.NC1CCCC1. The summed E-state index contributed by atoms with van der Waals surface area (Å²) in [4.78, 5) is 10.7. The number of nitrogens with one attached hydrogen (secondary N) is 2. The molecule has 0 spiro atoms. The average molecular weight is 591 g/mol. The quantitative estimate of drug-likeness (QED) is 0.220. The monoisotopic (exact) mass is 589 g/mol. The van der Waals surface area contributed by atoms with Crippen LogP contribution in [0.25, 0.3) is 0 Å². The minimum Gasteiger partial charge on any atom is -0.400 e. The summed E-state index contributed by atoms with van der Waals surface area (Å²) in [6, 6.07) is 10.8. The zero-order chi connectivity index (χ0) is 30.6. The van der Waals surface area contributed by atoms with Gasteiger partial charge in [0.25, 0.3) is 0 Å². The second-order valence-corrected chi connectivity index (χ2v) is 11.6. The molecule has 2 aromatic carbocycles. The van der Waals surface area contributed by atoms with E-state index >= 15 is 0 Å². The molecule has 39 heavy (non-hydrogen) atoms. The lowest BCUT2D eigenvalue weighted by molar-refractivity contribution is -0.105. The molecule has 1 aliphatic rings. The van der Waals surface area contributed by atoms with Gasteiger partial charge < -0.3 is 26.6 Å². The van der Waals surface area contributed by atoms with Crippen LogP contribution in [0.3, 0.4) is 0 Å². The Hall–Kier alpha value is -1.74. The van der Waals surface area contributed by atoms with Gasteiger partial charge in [0.15, 0.2) is 0 Å². The van der Waals surface area contributed by atoms with Gasteiger partial charge in [0, 0.05) is 43.6 Å². The van der Waals surface area contributed by atoms with Crippen LogP contribution >= 0.6 is 23.2 Å². The van der Waals surface area contributed by atoms with Crippen molar-refractivity contribution in [2.24, 2.45) is 11.1 Å². The molecule has 1 amide bonds. The minimum absolute atomic E-state index is 0.117. The minimum atomic E-state index is -0.418. The number of aliphatic hydroxyl groups excluding tert-OH is 2. The van der Waals surface area contributed by atoms with Crippen molar-refractivity contribution >= 4 is 35.3 Å². The number of hydrogen-bond donors (Lipinski definition) is 5. The van der Waals surface area contributed by atoms with E-state index < -0.39 is 5.82 Å². The van der Waals surface area contributed by atoms with Crippen LogP contribution in [-0.4, -0.2) is 42.9 Å². The number of benzene rings is 2. The van der Waals surface area contributed by atoms with Crippen LogP contribution in [0.4, 0.5) is 10.1 Å². The first-order chi connectivity index (χ1) is 18.3. The molecule has 6 nitrogen and oxygen atoms in total. The molecule has 1 saturated carbocycles. The summed E-state index contributed by atoms with van der Waals surface area (Å²) in [7, 11) is 2.00.